The van der Waals surface area contributed by atoms with E-state index in [4.69, 9.17) is 9.47 Å². The van der Waals surface area contributed by atoms with Crippen LogP contribution in [0.1, 0.15) is 21.5 Å². The third-order valence-corrected chi connectivity index (χ3v) is 6.21. The lowest BCUT2D eigenvalue weighted by atomic mass is 10.1. The van der Waals surface area contributed by atoms with E-state index in [1.54, 1.807) is 18.2 Å². The van der Waals surface area contributed by atoms with Gasteiger partial charge in [-0.25, -0.2) is 0 Å². The summed E-state index contributed by atoms with van der Waals surface area (Å²) in [6.45, 7) is 3.92. The number of ether oxygens (including phenoxy) is 2. The topological polar surface area (TPSA) is 102 Å². The zero-order valence-electron chi connectivity index (χ0n) is 17.5. The lowest BCUT2D eigenvalue weighted by Gasteiger charge is -2.08. The number of amides is 2. The minimum atomic E-state index is -0.363. The van der Waals surface area contributed by atoms with Crippen molar-refractivity contribution in [3.63, 3.8) is 0 Å². The molecule has 0 atom stereocenters. The van der Waals surface area contributed by atoms with E-state index in [2.05, 4.69) is 20.8 Å². The van der Waals surface area contributed by atoms with E-state index in [0.29, 0.717) is 26.5 Å². The first-order valence-corrected chi connectivity index (χ1v) is 11.1. The molecule has 0 aliphatic carbocycles. The molecule has 0 saturated carbocycles. The van der Waals surface area contributed by atoms with Crippen molar-refractivity contribution in [3.8, 4) is 11.5 Å². The molecule has 0 fully saturated rings. The van der Waals surface area contributed by atoms with E-state index >= 15 is 0 Å². The van der Waals surface area contributed by atoms with Gasteiger partial charge in [0.15, 0.2) is 4.34 Å². The van der Waals surface area contributed by atoms with Gasteiger partial charge >= 0.3 is 0 Å². The van der Waals surface area contributed by atoms with E-state index < -0.39 is 0 Å². The number of aryl methyl sites for hydroxylation is 2. The minimum absolute atomic E-state index is 0.136. The fraction of sp³-hybridized carbons (Fsp3) is 0.238. The van der Waals surface area contributed by atoms with Crippen LogP contribution in [0.3, 0.4) is 0 Å². The molecule has 0 bridgehead atoms. The molecule has 3 rings (SSSR count). The van der Waals surface area contributed by atoms with Crippen LogP contribution in [0.2, 0.25) is 0 Å². The Hall–Kier alpha value is -3.11. The molecular weight excluding hydrogens is 436 g/mol. The van der Waals surface area contributed by atoms with Gasteiger partial charge in [-0.3, -0.25) is 14.9 Å². The van der Waals surface area contributed by atoms with Crippen LogP contribution in [-0.2, 0) is 4.79 Å². The van der Waals surface area contributed by atoms with Crippen LogP contribution in [0.5, 0.6) is 11.5 Å². The summed E-state index contributed by atoms with van der Waals surface area (Å²) in [5.41, 5.74) is 3.24. The summed E-state index contributed by atoms with van der Waals surface area (Å²) >= 11 is 2.45. The molecule has 0 aliphatic rings. The molecule has 0 spiro atoms. The largest absolute Gasteiger partial charge is 0.497 e. The van der Waals surface area contributed by atoms with E-state index in [0.717, 1.165) is 16.8 Å². The van der Waals surface area contributed by atoms with Gasteiger partial charge in [0.2, 0.25) is 11.0 Å². The molecule has 2 aromatic carbocycles. The van der Waals surface area contributed by atoms with E-state index in [9.17, 15) is 9.59 Å². The molecule has 2 amide bonds. The van der Waals surface area contributed by atoms with Crippen molar-refractivity contribution in [2.24, 2.45) is 0 Å². The third-order valence-electron chi connectivity index (χ3n) is 4.23. The van der Waals surface area contributed by atoms with Gasteiger partial charge in [-0.2, -0.15) is 0 Å². The van der Waals surface area contributed by atoms with E-state index in [1.807, 2.05) is 32.0 Å². The lowest BCUT2D eigenvalue weighted by Crippen LogP contribution is -2.14. The first kappa shape index (κ1) is 22.6. The number of hydrogen-bond acceptors (Lipinski definition) is 8. The Labute approximate surface area is 188 Å². The molecule has 1 aromatic heterocycles. The van der Waals surface area contributed by atoms with Gasteiger partial charge in [-0.1, -0.05) is 35.2 Å². The summed E-state index contributed by atoms with van der Waals surface area (Å²) in [5.74, 6) is 0.699. The van der Waals surface area contributed by atoms with Crippen molar-refractivity contribution < 1.29 is 19.1 Å². The smallest absolute Gasteiger partial charge is 0.257 e. The van der Waals surface area contributed by atoms with Crippen molar-refractivity contribution in [2.45, 2.75) is 18.2 Å². The SMILES string of the molecule is COc1cc(OC)cc(C(=O)Nc2nnc(SCC(=O)Nc3cc(C)ccc3C)s2)c1. The molecule has 0 aliphatic heterocycles. The summed E-state index contributed by atoms with van der Waals surface area (Å²) in [7, 11) is 3.03. The Kier molecular flexibility index (Phi) is 7.48. The second kappa shape index (κ2) is 10.3. The second-order valence-corrected chi connectivity index (χ2v) is 8.78. The number of aromatic nitrogens is 2. The molecule has 31 heavy (non-hydrogen) atoms. The second-order valence-electron chi connectivity index (χ2n) is 6.58. The predicted octanol–water partition coefficient (Wildman–Crippen LogP) is 4.16. The first-order chi connectivity index (χ1) is 14.9. The van der Waals surface area contributed by atoms with Crippen LogP contribution in [-0.4, -0.2) is 42.0 Å². The number of nitrogens with one attached hydrogen (secondary N) is 2. The molecule has 2 N–H and O–H groups in total. The molecule has 8 nitrogen and oxygen atoms in total. The number of nitrogens with zero attached hydrogens (tertiary/aromatic N) is 2. The summed E-state index contributed by atoms with van der Waals surface area (Å²) in [4.78, 5) is 24.8. The van der Waals surface area contributed by atoms with Crippen LogP contribution in [0.15, 0.2) is 40.7 Å². The van der Waals surface area contributed by atoms with Crippen LogP contribution in [0.25, 0.3) is 0 Å². The molecule has 10 heteroatoms. The number of benzene rings is 2. The zero-order valence-corrected chi connectivity index (χ0v) is 19.1. The summed E-state index contributed by atoms with van der Waals surface area (Å²) in [6, 6.07) is 10.8. The number of thioether (sulfide) groups is 1. The van der Waals surface area contributed by atoms with Crippen LogP contribution in [0.4, 0.5) is 10.8 Å². The Morgan fingerprint density at radius 1 is 1.00 bits per heavy atom. The van der Waals surface area contributed by atoms with E-state index in [-0.39, 0.29) is 17.6 Å². The number of carbonyl (C=O) groups is 2. The minimum Gasteiger partial charge on any atom is -0.497 e. The Morgan fingerprint density at radius 3 is 2.39 bits per heavy atom. The third kappa shape index (κ3) is 6.19. The van der Waals surface area contributed by atoms with Crippen LogP contribution in [0, 0.1) is 13.8 Å². The van der Waals surface area contributed by atoms with Gasteiger partial charge in [-0.05, 0) is 43.2 Å². The maximum absolute atomic E-state index is 12.5. The van der Waals surface area contributed by atoms with E-state index in [1.165, 1.54) is 37.3 Å². The van der Waals surface area contributed by atoms with Crippen LogP contribution < -0.4 is 20.1 Å². The van der Waals surface area contributed by atoms with Gasteiger partial charge < -0.3 is 14.8 Å². The quantitative estimate of drug-likeness (QED) is 0.386. The summed E-state index contributed by atoms with van der Waals surface area (Å²) < 4.78 is 11.0. The number of carbonyl (C=O) groups excluding carboxylic acids is 2. The summed E-state index contributed by atoms with van der Waals surface area (Å²) in [6.07, 6.45) is 0. The number of methoxy groups -OCH3 is 2. The number of anilines is 2. The molecule has 162 valence electrons. The molecule has 0 saturated heterocycles. The first-order valence-electron chi connectivity index (χ1n) is 9.25. The maximum atomic E-state index is 12.5. The highest BCUT2D eigenvalue weighted by atomic mass is 32.2. The molecule has 0 radical (unpaired) electrons. The number of hydrogen-bond donors (Lipinski definition) is 2. The Balaban J connectivity index is 1.57. The van der Waals surface area contributed by atoms with Crippen molar-refractivity contribution in [1.29, 1.82) is 0 Å². The molecule has 1 heterocycles. The predicted molar refractivity (Wildman–Crippen MR) is 123 cm³/mol. The van der Waals surface area contributed by atoms with Gasteiger partial charge in [0, 0.05) is 17.3 Å². The van der Waals surface area contributed by atoms with Crippen molar-refractivity contribution in [2.75, 3.05) is 30.6 Å². The highest BCUT2D eigenvalue weighted by molar-refractivity contribution is 8.01. The molecule has 3 aromatic rings. The monoisotopic (exact) mass is 458 g/mol. The van der Waals surface area contributed by atoms with Crippen LogP contribution >= 0.6 is 23.1 Å². The number of rotatable bonds is 8. The average Bonchev–Trinajstić information content (AvgIpc) is 3.21. The fourth-order valence-corrected chi connectivity index (χ4v) is 4.16. The standard InChI is InChI=1S/C21H22N4O4S2/c1-12-5-6-13(2)17(7-12)22-18(26)11-30-21-25-24-20(31-21)23-19(27)14-8-15(28-3)10-16(9-14)29-4/h5-10H,11H2,1-4H3,(H,22,26)(H,23,24,27). The van der Waals surface area contributed by atoms with Gasteiger partial charge in [0.05, 0.1) is 20.0 Å². The average molecular weight is 459 g/mol. The van der Waals surface area contributed by atoms with Gasteiger partial charge in [-0.15, -0.1) is 10.2 Å². The van der Waals surface area contributed by atoms with Crippen molar-refractivity contribution >= 4 is 45.7 Å². The highest BCUT2D eigenvalue weighted by Gasteiger charge is 2.14. The highest BCUT2D eigenvalue weighted by Crippen LogP contribution is 2.27. The van der Waals surface area contributed by atoms with Crippen molar-refractivity contribution in [3.05, 3.63) is 53.1 Å². The van der Waals surface area contributed by atoms with Gasteiger partial charge in [0.1, 0.15) is 11.5 Å². The fourth-order valence-electron chi connectivity index (χ4n) is 2.61. The summed E-state index contributed by atoms with van der Waals surface area (Å²) in [5, 5.41) is 14.0. The Morgan fingerprint density at radius 2 is 1.71 bits per heavy atom. The maximum Gasteiger partial charge on any atom is 0.257 e. The Bertz CT molecular complexity index is 1080. The molecular formula is C21H22N4O4S2. The lowest BCUT2D eigenvalue weighted by molar-refractivity contribution is -0.113. The zero-order chi connectivity index (χ0) is 22.4. The normalized spacial score (nSPS) is 10.5. The van der Waals surface area contributed by atoms with Crippen molar-refractivity contribution in [1.82, 2.24) is 10.2 Å². The van der Waals surface area contributed by atoms with Gasteiger partial charge in [0.25, 0.3) is 5.91 Å². The molecule has 0 unspecified atom stereocenters.